The summed E-state index contributed by atoms with van der Waals surface area (Å²) in [5.41, 5.74) is 7.18. The Kier molecular flexibility index (Phi) is 16.6. The molecule has 1 amide bonds. The van der Waals surface area contributed by atoms with Crippen molar-refractivity contribution in [3.8, 4) is 0 Å². The van der Waals surface area contributed by atoms with E-state index in [1.165, 1.54) is 17.6 Å². The Bertz CT molecular complexity index is 818. The van der Waals surface area contributed by atoms with Gasteiger partial charge < -0.3 is 20.4 Å². The molecular weight excluding hydrogens is 466 g/mol. The van der Waals surface area contributed by atoms with Crippen LogP contribution in [0.15, 0.2) is 36.2 Å². The van der Waals surface area contributed by atoms with Crippen molar-refractivity contribution in [3.63, 3.8) is 0 Å². The molecule has 8 heteroatoms. The third-order valence-corrected chi connectivity index (χ3v) is 5.32. The summed E-state index contributed by atoms with van der Waals surface area (Å²) in [5.74, 6) is 5.63. The van der Waals surface area contributed by atoms with E-state index in [2.05, 4.69) is 18.7 Å². The second kappa shape index (κ2) is 17.8. The van der Waals surface area contributed by atoms with Crippen molar-refractivity contribution in [2.45, 2.75) is 106 Å². The third-order valence-electron chi connectivity index (χ3n) is 5.32. The van der Waals surface area contributed by atoms with Gasteiger partial charge in [0.15, 0.2) is 0 Å². The van der Waals surface area contributed by atoms with Crippen molar-refractivity contribution in [1.29, 1.82) is 0 Å². The number of ether oxygens (including phenoxy) is 1. The zero-order valence-corrected chi connectivity index (χ0v) is 24.8. The van der Waals surface area contributed by atoms with Crippen molar-refractivity contribution in [2.75, 3.05) is 19.6 Å². The van der Waals surface area contributed by atoms with E-state index in [-0.39, 0.29) is 17.6 Å². The Morgan fingerprint density at radius 2 is 1.59 bits per heavy atom. The summed E-state index contributed by atoms with van der Waals surface area (Å²) in [6.45, 7) is 21.4. The first kappa shape index (κ1) is 34.4. The van der Waals surface area contributed by atoms with Crippen LogP contribution in [0.25, 0.3) is 0 Å². The predicted molar refractivity (Wildman–Crippen MR) is 153 cm³/mol. The number of carbonyl (C=O) groups is 2. The van der Waals surface area contributed by atoms with E-state index < -0.39 is 11.6 Å². The molecule has 0 aliphatic carbocycles. The monoisotopic (exact) mass is 519 g/mol. The largest absolute Gasteiger partial charge is 0.455 e. The summed E-state index contributed by atoms with van der Waals surface area (Å²) in [5, 5.41) is 1.36. The highest BCUT2D eigenvalue weighted by Gasteiger charge is 2.37. The number of esters is 1. The van der Waals surface area contributed by atoms with E-state index >= 15 is 0 Å². The quantitative estimate of drug-likeness (QED) is 0.241. The van der Waals surface area contributed by atoms with Gasteiger partial charge in [0.05, 0.1) is 12.6 Å². The summed E-state index contributed by atoms with van der Waals surface area (Å²) in [4.78, 5) is 28.9. The Hall–Kier alpha value is -2.58. The van der Waals surface area contributed by atoms with Crippen molar-refractivity contribution >= 4 is 11.9 Å². The van der Waals surface area contributed by atoms with Crippen LogP contribution in [0.3, 0.4) is 0 Å². The van der Waals surface area contributed by atoms with Crippen LogP contribution >= 0.6 is 0 Å². The van der Waals surface area contributed by atoms with Gasteiger partial charge in [-0.05, 0) is 51.3 Å². The van der Waals surface area contributed by atoms with E-state index in [4.69, 9.17) is 16.3 Å². The van der Waals surface area contributed by atoms with Crippen LogP contribution in [0.4, 0.5) is 0 Å². The molecule has 2 saturated heterocycles. The number of carbonyl (C=O) groups excluding carboxylic acids is 2. The minimum Gasteiger partial charge on any atom is -0.455 e. The zero-order valence-electron chi connectivity index (χ0n) is 24.8. The highest BCUT2D eigenvalue weighted by atomic mass is 16.6. The number of hydrogen-bond acceptors (Lipinski definition) is 7. The molecule has 1 aromatic rings. The molecule has 8 nitrogen and oxygen atoms in total. The molecule has 0 bridgehead atoms. The number of fused-ring (bicyclic) bond motifs is 1. The first-order valence-electron chi connectivity index (χ1n) is 13.9. The van der Waals surface area contributed by atoms with Gasteiger partial charge in [0, 0.05) is 25.8 Å². The molecule has 37 heavy (non-hydrogen) atoms. The Morgan fingerprint density at radius 1 is 1.05 bits per heavy atom. The number of nitrogens with two attached hydrogens (primary N) is 2. The molecule has 0 radical (unpaired) electrons. The summed E-state index contributed by atoms with van der Waals surface area (Å²) in [6, 6.07) is 8.05. The van der Waals surface area contributed by atoms with Gasteiger partial charge in [-0.1, -0.05) is 72.2 Å². The lowest BCUT2D eigenvalue weighted by Gasteiger charge is -2.36. The maximum atomic E-state index is 12.7. The molecule has 212 valence electrons. The number of piperazine rings is 1. The Balaban J connectivity index is 0.00000169. The van der Waals surface area contributed by atoms with E-state index in [1.54, 1.807) is 20.8 Å². The number of amides is 1. The van der Waals surface area contributed by atoms with Gasteiger partial charge in [-0.2, -0.15) is 0 Å². The van der Waals surface area contributed by atoms with E-state index in [9.17, 15) is 9.59 Å². The smallest absolute Gasteiger partial charge is 0.356 e. The van der Waals surface area contributed by atoms with Crippen molar-refractivity contribution in [3.05, 3.63) is 47.3 Å². The first-order chi connectivity index (χ1) is 17.5. The highest BCUT2D eigenvalue weighted by molar-refractivity contribution is 5.87. The molecule has 1 atom stereocenters. The molecule has 0 aromatic heterocycles. The molecule has 0 spiro atoms. The minimum atomic E-state index is -0.614. The van der Waals surface area contributed by atoms with Gasteiger partial charge >= 0.3 is 5.97 Å². The Labute approximate surface area is 226 Å². The SMILES string of the molecule is CC.CC.CC(C)(C)OC(=O)/C(N)=C/N(N)Cc1ccc(CN2CCN3CCCC3C2=O)cc1.CCC. The second-order valence-electron chi connectivity index (χ2n) is 9.74. The van der Waals surface area contributed by atoms with Gasteiger partial charge in [-0.3, -0.25) is 9.69 Å². The standard InChI is InChI=1S/C22H33N5O3.C3H8.2C2H6/c1-22(2,3)30-21(29)18(23)15-27(24)14-17-8-6-16(7-9-17)13-26-12-11-25-10-4-5-19(25)20(26)28;1-3-2;2*1-2/h6-9,15,19H,4-5,10-14,23-24H2,1-3H3;3H2,1-2H3;2*1-2H3/b18-15-;;;. The average Bonchev–Trinajstić information content (AvgIpc) is 3.34. The maximum Gasteiger partial charge on any atom is 0.356 e. The molecule has 2 aliphatic rings. The fourth-order valence-electron chi connectivity index (χ4n) is 3.90. The van der Waals surface area contributed by atoms with Crippen LogP contribution in [0.5, 0.6) is 0 Å². The molecule has 4 N–H and O–H groups in total. The normalized spacial score (nSPS) is 17.2. The number of rotatable bonds is 6. The summed E-state index contributed by atoms with van der Waals surface area (Å²) < 4.78 is 5.22. The molecule has 2 heterocycles. The topological polar surface area (TPSA) is 105 Å². The van der Waals surface area contributed by atoms with Crippen LogP contribution in [-0.4, -0.2) is 58.0 Å². The van der Waals surface area contributed by atoms with Gasteiger partial charge in [0.2, 0.25) is 5.91 Å². The maximum absolute atomic E-state index is 12.7. The lowest BCUT2D eigenvalue weighted by molar-refractivity contribution is -0.150. The third kappa shape index (κ3) is 12.5. The van der Waals surface area contributed by atoms with Gasteiger partial charge in [-0.15, -0.1) is 0 Å². The highest BCUT2D eigenvalue weighted by Crippen LogP contribution is 2.24. The number of hydrazine groups is 1. The van der Waals surface area contributed by atoms with Crippen LogP contribution < -0.4 is 11.6 Å². The summed E-state index contributed by atoms with van der Waals surface area (Å²) in [6.07, 6.45) is 4.71. The average molecular weight is 520 g/mol. The number of hydrogen-bond donors (Lipinski definition) is 2. The van der Waals surface area contributed by atoms with E-state index in [0.29, 0.717) is 13.1 Å². The lowest BCUT2D eigenvalue weighted by atomic mass is 10.1. The lowest BCUT2D eigenvalue weighted by Crippen LogP contribution is -2.53. The van der Waals surface area contributed by atoms with E-state index in [1.807, 2.05) is 56.9 Å². The summed E-state index contributed by atoms with van der Waals surface area (Å²) >= 11 is 0. The molecule has 0 saturated carbocycles. The molecule has 2 fully saturated rings. The number of benzene rings is 1. The van der Waals surface area contributed by atoms with Crippen LogP contribution in [0.2, 0.25) is 0 Å². The van der Waals surface area contributed by atoms with E-state index in [0.717, 1.165) is 43.6 Å². The Morgan fingerprint density at radius 3 is 2.14 bits per heavy atom. The minimum absolute atomic E-state index is 0.0476. The zero-order chi connectivity index (χ0) is 28.6. The molecule has 1 aromatic carbocycles. The number of nitrogens with zero attached hydrogens (tertiary/aromatic N) is 3. The molecular formula is C29H53N5O3. The van der Waals surface area contributed by atoms with Crippen LogP contribution in [0, 0.1) is 0 Å². The fraction of sp³-hybridized carbons (Fsp3) is 0.655. The van der Waals surface area contributed by atoms with Crippen LogP contribution in [0.1, 0.15) is 92.7 Å². The van der Waals surface area contributed by atoms with Crippen molar-refractivity contribution < 1.29 is 14.3 Å². The van der Waals surface area contributed by atoms with Gasteiger partial charge in [0.25, 0.3) is 0 Å². The van der Waals surface area contributed by atoms with Crippen molar-refractivity contribution in [1.82, 2.24) is 14.8 Å². The molecule has 1 unspecified atom stereocenters. The van der Waals surface area contributed by atoms with Crippen LogP contribution in [-0.2, 0) is 27.4 Å². The predicted octanol–water partition coefficient (Wildman–Crippen LogP) is 4.78. The van der Waals surface area contributed by atoms with Gasteiger partial charge in [0.1, 0.15) is 11.3 Å². The fourth-order valence-corrected chi connectivity index (χ4v) is 3.90. The molecule has 3 rings (SSSR count). The van der Waals surface area contributed by atoms with Crippen molar-refractivity contribution in [2.24, 2.45) is 11.6 Å². The van der Waals surface area contributed by atoms with Gasteiger partial charge in [-0.25, -0.2) is 10.6 Å². The first-order valence-corrected chi connectivity index (χ1v) is 13.9. The second-order valence-corrected chi connectivity index (χ2v) is 9.74. The molecule has 2 aliphatic heterocycles. The summed E-state index contributed by atoms with van der Waals surface area (Å²) in [7, 11) is 0.